The summed E-state index contributed by atoms with van der Waals surface area (Å²) >= 11 is 1.27. The van der Waals surface area contributed by atoms with E-state index in [4.69, 9.17) is 0 Å². The minimum atomic E-state index is -0.304. The van der Waals surface area contributed by atoms with Crippen LogP contribution in [0.15, 0.2) is 53.3 Å². The molecule has 0 unspecified atom stereocenters. The number of hydrogen-bond acceptors (Lipinski definition) is 4. The minimum Gasteiger partial charge on any atom is -0.267 e. The lowest BCUT2D eigenvalue weighted by Crippen LogP contribution is -2.23. The summed E-state index contributed by atoms with van der Waals surface area (Å²) in [6.45, 7) is 1.97. The van der Waals surface area contributed by atoms with Crippen molar-refractivity contribution < 1.29 is 4.39 Å². The first-order chi connectivity index (χ1) is 11.6. The molecule has 0 N–H and O–H groups in total. The Balaban J connectivity index is 1.93. The van der Waals surface area contributed by atoms with E-state index in [-0.39, 0.29) is 11.4 Å². The van der Waals surface area contributed by atoms with Crippen LogP contribution in [0.4, 0.5) is 4.39 Å². The molecular formula is C18H12FN3OS. The molecule has 2 aromatic carbocycles. The van der Waals surface area contributed by atoms with E-state index in [0.717, 1.165) is 16.7 Å². The van der Waals surface area contributed by atoms with Crippen LogP contribution in [0.5, 0.6) is 0 Å². The van der Waals surface area contributed by atoms with Crippen LogP contribution in [0.2, 0.25) is 0 Å². The number of aryl methyl sites for hydroxylation is 1. The summed E-state index contributed by atoms with van der Waals surface area (Å²) in [4.78, 5) is 13.3. The van der Waals surface area contributed by atoms with Gasteiger partial charge in [0.2, 0.25) is 4.96 Å². The highest BCUT2D eigenvalue weighted by Gasteiger charge is 2.15. The summed E-state index contributed by atoms with van der Waals surface area (Å²) < 4.78 is 15.1. The summed E-state index contributed by atoms with van der Waals surface area (Å²) in [5, 5.41) is 8.29. The molecule has 4 rings (SSSR count). The normalized spacial score (nSPS) is 12.2. The van der Waals surface area contributed by atoms with Gasteiger partial charge in [-0.1, -0.05) is 47.7 Å². The minimum absolute atomic E-state index is 0.164. The molecule has 0 aliphatic carbocycles. The average molecular weight is 337 g/mol. The Kier molecular flexibility index (Phi) is 3.46. The standard InChI is InChI=1S/C18H12FN3OS/c1-11-4-2-3-5-14(11)16-20-21-18-22(16)17(23)15(24-18)10-12-6-8-13(19)9-7-12/h2-10H,1H3/b15-10+. The molecule has 6 heteroatoms. The number of rotatable bonds is 2. The number of nitrogens with zero attached hydrogens (tertiary/aromatic N) is 3. The maximum atomic E-state index is 13.0. The monoisotopic (exact) mass is 337 g/mol. The topological polar surface area (TPSA) is 47.3 Å². The molecule has 0 atom stereocenters. The number of thiazole rings is 1. The van der Waals surface area contributed by atoms with Gasteiger partial charge in [-0.3, -0.25) is 4.79 Å². The highest BCUT2D eigenvalue weighted by atomic mass is 32.1. The molecule has 0 bridgehead atoms. The molecule has 118 valence electrons. The Labute approximate surface area is 140 Å². The molecule has 4 nitrogen and oxygen atoms in total. The highest BCUT2D eigenvalue weighted by molar-refractivity contribution is 7.15. The zero-order valence-corrected chi connectivity index (χ0v) is 13.5. The molecule has 2 aromatic heterocycles. The fourth-order valence-corrected chi connectivity index (χ4v) is 3.48. The molecule has 4 aromatic rings. The largest absolute Gasteiger partial charge is 0.276 e. The van der Waals surface area contributed by atoms with E-state index >= 15 is 0 Å². The van der Waals surface area contributed by atoms with Crippen LogP contribution in [0.3, 0.4) is 0 Å². The van der Waals surface area contributed by atoms with Gasteiger partial charge in [0.1, 0.15) is 5.82 Å². The van der Waals surface area contributed by atoms with Gasteiger partial charge in [-0.05, 0) is 36.3 Å². The Morgan fingerprint density at radius 3 is 2.58 bits per heavy atom. The highest BCUT2D eigenvalue weighted by Crippen LogP contribution is 2.21. The lowest BCUT2D eigenvalue weighted by atomic mass is 10.1. The van der Waals surface area contributed by atoms with Gasteiger partial charge in [0.25, 0.3) is 5.56 Å². The summed E-state index contributed by atoms with van der Waals surface area (Å²) in [5.41, 5.74) is 2.51. The van der Waals surface area contributed by atoms with Crippen molar-refractivity contribution in [3.8, 4) is 11.4 Å². The van der Waals surface area contributed by atoms with Gasteiger partial charge in [-0.2, -0.15) is 0 Å². The van der Waals surface area contributed by atoms with Crippen LogP contribution in [-0.2, 0) is 0 Å². The molecule has 0 fully saturated rings. The molecule has 24 heavy (non-hydrogen) atoms. The molecule has 2 heterocycles. The number of hydrogen-bond donors (Lipinski definition) is 0. The fraction of sp³-hybridized carbons (Fsp3) is 0.0556. The Morgan fingerprint density at radius 1 is 1.08 bits per heavy atom. The summed E-state index contributed by atoms with van der Waals surface area (Å²) in [5.74, 6) is 0.240. The van der Waals surface area contributed by atoms with E-state index in [9.17, 15) is 9.18 Å². The Morgan fingerprint density at radius 2 is 1.83 bits per heavy atom. The van der Waals surface area contributed by atoms with Gasteiger partial charge >= 0.3 is 0 Å². The van der Waals surface area contributed by atoms with Crippen molar-refractivity contribution in [2.45, 2.75) is 6.92 Å². The van der Waals surface area contributed by atoms with Crippen molar-refractivity contribution in [2.75, 3.05) is 0 Å². The first-order valence-electron chi connectivity index (χ1n) is 7.35. The smallest absolute Gasteiger partial charge is 0.267 e. The maximum absolute atomic E-state index is 13.0. The van der Waals surface area contributed by atoms with E-state index < -0.39 is 0 Å². The second-order valence-electron chi connectivity index (χ2n) is 5.42. The SMILES string of the molecule is Cc1ccccc1-c1nnc2s/c(=C/c3ccc(F)cc3)c(=O)n12. The fourth-order valence-electron chi connectivity index (χ4n) is 2.57. The molecule has 0 aliphatic heterocycles. The van der Waals surface area contributed by atoms with E-state index in [1.165, 1.54) is 27.9 Å². The van der Waals surface area contributed by atoms with Gasteiger partial charge in [-0.15, -0.1) is 10.2 Å². The van der Waals surface area contributed by atoms with Crippen LogP contribution in [0.25, 0.3) is 22.4 Å². The lowest BCUT2D eigenvalue weighted by Gasteiger charge is -2.00. The van der Waals surface area contributed by atoms with E-state index in [1.807, 2.05) is 31.2 Å². The predicted octanol–water partition coefficient (Wildman–Crippen LogP) is 2.81. The number of benzene rings is 2. The summed E-state index contributed by atoms with van der Waals surface area (Å²) in [6, 6.07) is 13.8. The molecule has 0 spiro atoms. The quantitative estimate of drug-likeness (QED) is 0.565. The molecule has 0 saturated heterocycles. The van der Waals surface area contributed by atoms with Crippen LogP contribution in [0, 0.1) is 12.7 Å². The molecule has 0 radical (unpaired) electrons. The lowest BCUT2D eigenvalue weighted by molar-refractivity contribution is 0.628. The van der Waals surface area contributed by atoms with Crippen LogP contribution >= 0.6 is 11.3 Å². The van der Waals surface area contributed by atoms with Gasteiger partial charge in [-0.25, -0.2) is 8.79 Å². The van der Waals surface area contributed by atoms with Gasteiger partial charge in [0.05, 0.1) is 4.53 Å². The molecule has 0 amide bonds. The van der Waals surface area contributed by atoms with Crippen LogP contribution < -0.4 is 10.1 Å². The van der Waals surface area contributed by atoms with Crippen LogP contribution in [0.1, 0.15) is 11.1 Å². The number of aromatic nitrogens is 3. The third kappa shape index (κ3) is 2.41. The third-order valence-electron chi connectivity index (χ3n) is 3.80. The second-order valence-corrected chi connectivity index (χ2v) is 6.43. The van der Waals surface area contributed by atoms with Crippen molar-refractivity contribution in [3.05, 3.63) is 80.4 Å². The first kappa shape index (κ1) is 14.7. The first-order valence-corrected chi connectivity index (χ1v) is 8.16. The van der Waals surface area contributed by atoms with Crippen LogP contribution in [-0.4, -0.2) is 14.6 Å². The number of halogens is 1. The third-order valence-corrected chi connectivity index (χ3v) is 4.76. The van der Waals surface area contributed by atoms with Gasteiger partial charge < -0.3 is 0 Å². The van der Waals surface area contributed by atoms with E-state index in [0.29, 0.717) is 15.3 Å². The Bertz CT molecular complexity index is 1150. The molecule has 0 saturated carbocycles. The van der Waals surface area contributed by atoms with Crippen molar-refractivity contribution in [2.24, 2.45) is 0 Å². The second kappa shape index (κ2) is 5.65. The van der Waals surface area contributed by atoms with Gasteiger partial charge in [0.15, 0.2) is 5.82 Å². The molecule has 0 aliphatic rings. The van der Waals surface area contributed by atoms with Crippen molar-refractivity contribution >= 4 is 22.4 Å². The van der Waals surface area contributed by atoms with Gasteiger partial charge in [0, 0.05) is 5.56 Å². The number of fused-ring (bicyclic) bond motifs is 1. The van der Waals surface area contributed by atoms with E-state index in [2.05, 4.69) is 10.2 Å². The molecular weight excluding hydrogens is 325 g/mol. The van der Waals surface area contributed by atoms with Crippen molar-refractivity contribution in [3.63, 3.8) is 0 Å². The van der Waals surface area contributed by atoms with Crippen molar-refractivity contribution in [1.29, 1.82) is 0 Å². The predicted molar refractivity (Wildman–Crippen MR) is 92.5 cm³/mol. The average Bonchev–Trinajstić information content (AvgIpc) is 3.11. The maximum Gasteiger partial charge on any atom is 0.276 e. The zero-order chi connectivity index (χ0) is 16.7. The summed E-state index contributed by atoms with van der Waals surface area (Å²) in [7, 11) is 0. The summed E-state index contributed by atoms with van der Waals surface area (Å²) in [6.07, 6.45) is 1.74. The van der Waals surface area contributed by atoms with E-state index in [1.54, 1.807) is 18.2 Å². The Hall–Kier alpha value is -2.86. The van der Waals surface area contributed by atoms with Crippen molar-refractivity contribution in [1.82, 2.24) is 14.6 Å². The zero-order valence-electron chi connectivity index (χ0n) is 12.7.